The summed E-state index contributed by atoms with van der Waals surface area (Å²) < 4.78 is 12.5. The highest BCUT2D eigenvalue weighted by Gasteiger charge is 1.96. The lowest BCUT2D eigenvalue weighted by Gasteiger charge is -2.02. The number of nitrogens with one attached hydrogen (secondary N) is 1. The fourth-order valence-electron chi connectivity index (χ4n) is 1.03. The molecule has 0 radical (unpaired) electrons. The van der Waals surface area contributed by atoms with Crippen LogP contribution in [0.5, 0.6) is 0 Å². The average molecular weight is 229 g/mol. The molecule has 0 saturated heterocycles. The molecule has 1 rings (SSSR count). The summed E-state index contributed by atoms with van der Waals surface area (Å²) in [4.78, 5) is 10.2. The van der Waals surface area contributed by atoms with Gasteiger partial charge in [0.05, 0.1) is 6.42 Å². The molecule has 0 spiro atoms. The normalized spacial score (nSPS) is 9.19. The van der Waals surface area contributed by atoms with Crippen LogP contribution in [0.2, 0.25) is 0 Å². The van der Waals surface area contributed by atoms with Gasteiger partial charge in [0, 0.05) is 20.2 Å². The van der Waals surface area contributed by atoms with Gasteiger partial charge in [0.2, 0.25) is 0 Å². The van der Waals surface area contributed by atoms with Crippen molar-refractivity contribution in [2.75, 3.05) is 13.7 Å². The van der Waals surface area contributed by atoms with Crippen LogP contribution in [0.1, 0.15) is 12.0 Å². The van der Waals surface area contributed by atoms with Crippen LogP contribution in [0.15, 0.2) is 24.3 Å². The summed E-state index contributed by atoms with van der Waals surface area (Å²) in [5.41, 5.74) is 0.941. The van der Waals surface area contributed by atoms with E-state index >= 15 is 0 Å². The monoisotopic (exact) mass is 229 g/mol. The van der Waals surface area contributed by atoms with E-state index in [0.717, 1.165) is 12.7 Å². The number of hydrogen-bond acceptors (Lipinski definition) is 3. The fourth-order valence-corrected chi connectivity index (χ4v) is 1.03. The van der Waals surface area contributed by atoms with Gasteiger partial charge in [0.1, 0.15) is 5.82 Å². The zero-order valence-corrected chi connectivity index (χ0v) is 9.11. The van der Waals surface area contributed by atoms with Crippen molar-refractivity contribution in [1.82, 2.24) is 5.32 Å². The highest BCUT2D eigenvalue weighted by atomic mass is 19.1. The SMILES string of the molecule is CO.O=C(O)CCNCc1ccc(F)cc1. The van der Waals surface area contributed by atoms with Crippen molar-refractivity contribution in [3.63, 3.8) is 0 Å². The molecule has 3 N–H and O–H groups in total. The summed E-state index contributed by atoms with van der Waals surface area (Å²) in [5.74, 6) is -1.09. The van der Waals surface area contributed by atoms with Gasteiger partial charge in [0.25, 0.3) is 0 Å². The first kappa shape index (κ1) is 14.5. The largest absolute Gasteiger partial charge is 0.481 e. The molecular weight excluding hydrogens is 213 g/mol. The minimum absolute atomic E-state index is 0.0984. The molecular formula is C11H16FNO3. The molecule has 0 aliphatic rings. The van der Waals surface area contributed by atoms with Crippen molar-refractivity contribution in [2.45, 2.75) is 13.0 Å². The van der Waals surface area contributed by atoms with E-state index in [0.29, 0.717) is 13.1 Å². The zero-order valence-electron chi connectivity index (χ0n) is 9.11. The molecule has 1 aromatic carbocycles. The maximum atomic E-state index is 12.5. The smallest absolute Gasteiger partial charge is 0.304 e. The van der Waals surface area contributed by atoms with Gasteiger partial charge in [-0.2, -0.15) is 0 Å². The van der Waals surface area contributed by atoms with Gasteiger partial charge < -0.3 is 15.5 Å². The maximum Gasteiger partial charge on any atom is 0.304 e. The molecule has 0 bridgehead atoms. The predicted molar refractivity (Wildman–Crippen MR) is 58.5 cm³/mol. The third-order valence-electron chi connectivity index (χ3n) is 1.76. The van der Waals surface area contributed by atoms with Crippen molar-refractivity contribution in [3.8, 4) is 0 Å². The molecule has 4 nitrogen and oxygen atoms in total. The minimum Gasteiger partial charge on any atom is -0.481 e. The first-order chi connectivity index (χ1) is 7.68. The Kier molecular flexibility index (Phi) is 8.01. The van der Waals surface area contributed by atoms with Gasteiger partial charge in [-0.05, 0) is 17.7 Å². The molecule has 0 atom stereocenters. The number of halogens is 1. The van der Waals surface area contributed by atoms with E-state index in [1.807, 2.05) is 0 Å². The Morgan fingerprint density at radius 3 is 2.38 bits per heavy atom. The molecule has 0 aliphatic carbocycles. The second kappa shape index (κ2) is 8.82. The molecule has 0 amide bonds. The number of carbonyl (C=O) groups is 1. The summed E-state index contributed by atoms with van der Waals surface area (Å²) in [6.07, 6.45) is 0.0984. The van der Waals surface area contributed by atoms with Crippen LogP contribution in [0.4, 0.5) is 4.39 Å². The molecule has 0 unspecified atom stereocenters. The van der Waals surface area contributed by atoms with Crippen molar-refractivity contribution in [1.29, 1.82) is 0 Å². The van der Waals surface area contributed by atoms with Gasteiger partial charge in [0.15, 0.2) is 0 Å². The van der Waals surface area contributed by atoms with Gasteiger partial charge >= 0.3 is 5.97 Å². The summed E-state index contributed by atoms with van der Waals surface area (Å²) >= 11 is 0. The Morgan fingerprint density at radius 1 is 1.31 bits per heavy atom. The highest BCUT2D eigenvalue weighted by molar-refractivity contribution is 5.66. The van der Waals surface area contributed by atoms with Crippen LogP contribution in [0.3, 0.4) is 0 Å². The van der Waals surface area contributed by atoms with E-state index in [4.69, 9.17) is 10.2 Å². The Morgan fingerprint density at radius 2 is 1.88 bits per heavy atom. The number of aliphatic hydroxyl groups is 1. The molecule has 0 aromatic heterocycles. The van der Waals surface area contributed by atoms with E-state index in [1.165, 1.54) is 12.1 Å². The Labute approximate surface area is 93.7 Å². The van der Waals surface area contributed by atoms with Gasteiger partial charge in [-0.1, -0.05) is 12.1 Å². The first-order valence-corrected chi connectivity index (χ1v) is 4.80. The van der Waals surface area contributed by atoms with Crippen molar-refractivity contribution in [2.24, 2.45) is 0 Å². The predicted octanol–water partition coefficient (Wildman–Crippen LogP) is 0.998. The average Bonchev–Trinajstić information content (AvgIpc) is 2.29. The number of aliphatic hydroxyl groups excluding tert-OH is 1. The molecule has 1 aromatic rings. The Hall–Kier alpha value is -1.46. The third kappa shape index (κ3) is 6.92. The third-order valence-corrected chi connectivity index (χ3v) is 1.76. The topological polar surface area (TPSA) is 69.6 Å². The lowest BCUT2D eigenvalue weighted by atomic mass is 10.2. The van der Waals surface area contributed by atoms with E-state index < -0.39 is 5.97 Å². The van der Waals surface area contributed by atoms with Crippen LogP contribution < -0.4 is 5.32 Å². The molecule has 0 fully saturated rings. The van der Waals surface area contributed by atoms with E-state index in [2.05, 4.69) is 5.32 Å². The second-order valence-corrected chi connectivity index (χ2v) is 2.95. The van der Waals surface area contributed by atoms with E-state index in [1.54, 1.807) is 12.1 Å². The summed E-state index contributed by atoms with van der Waals surface area (Å²) in [6, 6.07) is 6.11. The molecule has 0 heterocycles. The summed E-state index contributed by atoms with van der Waals surface area (Å²) in [7, 11) is 1.00. The molecule has 5 heteroatoms. The van der Waals surface area contributed by atoms with Crippen molar-refractivity contribution >= 4 is 5.97 Å². The highest BCUT2D eigenvalue weighted by Crippen LogP contribution is 2.01. The van der Waals surface area contributed by atoms with Gasteiger partial charge in [-0.15, -0.1) is 0 Å². The first-order valence-electron chi connectivity index (χ1n) is 4.80. The maximum absolute atomic E-state index is 12.5. The molecule has 16 heavy (non-hydrogen) atoms. The Balaban J connectivity index is 0.00000106. The standard InChI is InChI=1S/C10H12FNO2.CH4O/c11-9-3-1-8(2-4-9)7-12-6-5-10(13)14;1-2/h1-4,12H,5-7H2,(H,13,14);2H,1H3. The van der Waals surface area contributed by atoms with E-state index in [9.17, 15) is 9.18 Å². The van der Waals surface area contributed by atoms with E-state index in [-0.39, 0.29) is 12.2 Å². The fraction of sp³-hybridized carbons (Fsp3) is 0.364. The number of rotatable bonds is 5. The number of benzene rings is 1. The number of aliphatic carboxylic acids is 1. The van der Waals surface area contributed by atoms with Crippen molar-refractivity contribution in [3.05, 3.63) is 35.6 Å². The molecule has 90 valence electrons. The van der Waals surface area contributed by atoms with Crippen LogP contribution in [0.25, 0.3) is 0 Å². The lowest BCUT2D eigenvalue weighted by molar-refractivity contribution is -0.136. The van der Waals surface area contributed by atoms with Gasteiger partial charge in [-0.25, -0.2) is 4.39 Å². The summed E-state index contributed by atoms with van der Waals surface area (Å²) in [6.45, 7) is 0.986. The van der Waals surface area contributed by atoms with Gasteiger partial charge in [-0.3, -0.25) is 4.79 Å². The lowest BCUT2D eigenvalue weighted by Crippen LogP contribution is -2.17. The Bertz CT molecular complexity index is 301. The van der Waals surface area contributed by atoms with Crippen molar-refractivity contribution < 1.29 is 19.4 Å². The quantitative estimate of drug-likeness (QED) is 0.659. The number of carboxylic acids is 1. The summed E-state index contributed by atoms with van der Waals surface area (Å²) in [5, 5.41) is 18.3. The number of carboxylic acid groups (broad SMARTS) is 1. The minimum atomic E-state index is -0.823. The molecule has 0 saturated carbocycles. The van der Waals surface area contributed by atoms with Crippen LogP contribution in [-0.4, -0.2) is 29.8 Å². The zero-order chi connectivity index (χ0) is 12.4. The second-order valence-electron chi connectivity index (χ2n) is 2.95. The van der Waals surface area contributed by atoms with Crippen LogP contribution in [-0.2, 0) is 11.3 Å². The molecule has 0 aliphatic heterocycles. The van der Waals surface area contributed by atoms with Crippen LogP contribution in [0, 0.1) is 5.82 Å². The number of hydrogen-bond donors (Lipinski definition) is 3. The van der Waals surface area contributed by atoms with Crippen LogP contribution >= 0.6 is 0 Å².